The molecule has 2 rings (SSSR count). The Morgan fingerprint density at radius 2 is 1.90 bits per heavy atom. The lowest BCUT2D eigenvalue weighted by Gasteiger charge is -2.38. The zero-order chi connectivity index (χ0) is 15.8. The molecule has 21 heavy (non-hydrogen) atoms. The average molecular weight is 310 g/mol. The molecular formula is C16H26N2O2S. The van der Waals surface area contributed by atoms with E-state index in [1.54, 1.807) is 12.1 Å². The van der Waals surface area contributed by atoms with Gasteiger partial charge in [0.25, 0.3) is 0 Å². The van der Waals surface area contributed by atoms with E-state index in [0.717, 1.165) is 30.4 Å². The van der Waals surface area contributed by atoms with Crippen molar-refractivity contribution < 1.29 is 8.42 Å². The molecule has 1 fully saturated rings. The number of hydrogen-bond acceptors (Lipinski definition) is 3. The third kappa shape index (κ3) is 3.40. The number of anilines is 1. The van der Waals surface area contributed by atoms with Crippen LogP contribution in [0, 0.1) is 19.3 Å². The summed E-state index contributed by atoms with van der Waals surface area (Å²) in [6, 6.07) is 3.24. The second kappa shape index (κ2) is 5.61. The number of nitrogen functional groups attached to an aromatic ring is 1. The van der Waals surface area contributed by atoms with Gasteiger partial charge in [0.2, 0.25) is 10.0 Å². The first-order valence-electron chi connectivity index (χ1n) is 7.52. The van der Waals surface area contributed by atoms with Crippen LogP contribution >= 0.6 is 0 Å². The summed E-state index contributed by atoms with van der Waals surface area (Å²) in [6.07, 6.45) is 4.19. The lowest BCUT2D eigenvalue weighted by atomic mass is 9.74. The molecule has 4 nitrogen and oxygen atoms in total. The summed E-state index contributed by atoms with van der Waals surface area (Å²) in [5, 5.41) is 0. The number of sulfonamides is 1. The van der Waals surface area contributed by atoms with E-state index in [9.17, 15) is 8.42 Å². The predicted molar refractivity (Wildman–Crippen MR) is 86.7 cm³/mol. The van der Waals surface area contributed by atoms with E-state index < -0.39 is 10.0 Å². The van der Waals surface area contributed by atoms with Gasteiger partial charge in [0.05, 0.1) is 4.90 Å². The van der Waals surface area contributed by atoms with Crippen molar-refractivity contribution in [2.24, 2.45) is 5.41 Å². The highest BCUT2D eigenvalue weighted by atomic mass is 32.2. The first-order valence-corrected chi connectivity index (χ1v) is 9.01. The summed E-state index contributed by atoms with van der Waals surface area (Å²) >= 11 is 0. The molecular weight excluding hydrogens is 284 g/mol. The number of aryl methyl sites for hydroxylation is 1. The Morgan fingerprint density at radius 3 is 2.48 bits per heavy atom. The molecule has 1 aliphatic rings. The molecule has 0 saturated heterocycles. The molecule has 1 aliphatic carbocycles. The highest BCUT2D eigenvalue weighted by molar-refractivity contribution is 7.89. The maximum Gasteiger partial charge on any atom is 0.240 e. The van der Waals surface area contributed by atoms with Gasteiger partial charge < -0.3 is 5.73 Å². The van der Waals surface area contributed by atoms with E-state index in [4.69, 9.17) is 5.73 Å². The SMILES string of the molecule is Cc1cc(S(=O)(=O)NC2CCCCC2(C)C)cc(N)c1C. The molecule has 0 amide bonds. The molecule has 1 aromatic rings. The Morgan fingerprint density at radius 1 is 1.24 bits per heavy atom. The van der Waals surface area contributed by atoms with E-state index in [0.29, 0.717) is 5.69 Å². The topological polar surface area (TPSA) is 72.2 Å². The van der Waals surface area contributed by atoms with Gasteiger partial charge in [-0.25, -0.2) is 13.1 Å². The highest BCUT2D eigenvalue weighted by Gasteiger charge is 2.35. The van der Waals surface area contributed by atoms with Crippen molar-refractivity contribution in [2.75, 3.05) is 5.73 Å². The molecule has 0 heterocycles. The summed E-state index contributed by atoms with van der Waals surface area (Å²) in [5.74, 6) is 0. The minimum atomic E-state index is -3.52. The van der Waals surface area contributed by atoms with Crippen LogP contribution in [0.25, 0.3) is 0 Å². The van der Waals surface area contributed by atoms with Gasteiger partial charge >= 0.3 is 0 Å². The molecule has 0 aliphatic heterocycles. The lowest BCUT2D eigenvalue weighted by molar-refractivity contribution is 0.188. The summed E-state index contributed by atoms with van der Waals surface area (Å²) in [4.78, 5) is 0.268. The zero-order valence-electron chi connectivity index (χ0n) is 13.4. The van der Waals surface area contributed by atoms with Crippen molar-refractivity contribution in [2.45, 2.75) is 64.3 Å². The molecule has 0 radical (unpaired) electrons. The number of nitrogens with two attached hydrogens (primary N) is 1. The third-order valence-electron chi connectivity index (χ3n) is 4.80. The Labute approximate surface area is 128 Å². The van der Waals surface area contributed by atoms with Gasteiger partial charge in [0.15, 0.2) is 0 Å². The maximum atomic E-state index is 12.6. The van der Waals surface area contributed by atoms with Gasteiger partial charge in [0.1, 0.15) is 0 Å². The van der Waals surface area contributed by atoms with Crippen LogP contribution in [0.3, 0.4) is 0 Å². The van der Waals surface area contributed by atoms with Gasteiger partial charge in [-0.3, -0.25) is 0 Å². The molecule has 0 spiro atoms. The van der Waals surface area contributed by atoms with Crippen molar-refractivity contribution in [1.82, 2.24) is 4.72 Å². The van der Waals surface area contributed by atoms with Crippen LogP contribution in [-0.4, -0.2) is 14.5 Å². The molecule has 3 N–H and O–H groups in total. The minimum Gasteiger partial charge on any atom is -0.398 e. The molecule has 0 aromatic heterocycles. The normalized spacial score (nSPS) is 22.2. The van der Waals surface area contributed by atoms with Crippen molar-refractivity contribution in [3.63, 3.8) is 0 Å². The summed E-state index contributed by atoms with van der Waals surface area (Å²) < 4.78 is 28.2. The number of benzene rings is 1. The quantitative estimate of drug-likeness (QED) is 0.842. The maximum absolute atomic E-state index is 12.6. The summed E-state index contributed by atoms with van der Waals surface area (Å²) in [5.41, 5.74) is 8.27. The van der Waals surface area contributed by atoms with Crippen LogP contribution in [0.2, 0.25) is 0 Å². The number of hydrogen-bond donors (Lipinski definition) is 2. The van der Waals surface area contributed by atoms with Crippen molar-refractivity contribution in [3.05, 3.63) is 23.3 Å². The van der Waals surface area contributed by atoms with E-state index in [2.05, 4.69) is 18.6 Å². The van der Waals surface area contributed by atoms with Crippen molar-refractivity contribution in [3.8, 4) is 0 Å². The Kier molecular flexibility index (Phi) is 4.36. The van der Waals surface area contributed by atoms with Gasteiger partial charge in [0, 0.05) is 11.7 Å². The number of nitrogens with one attached hydrogen (secondary N) is 1. The lowest BCUT2D eigenvalue weighted by Crippen LogP contribution is -2.46. The third-order valence-corrected chi connectivity index (χ3v) is 6.25. The zero-order valence-corrected chi connectivity index (χ0v) is 14.2. The second-order valence-corrected chi connectivity index (χ2v) is 8.58. The van der Waals surface area contributed by atoms with Crippen LogP contribution in [0.1, 0.15) is 50.7 Å². The van der Waals surface area contributed by atoms with Crippen molar-refractivity contribution >= 4 is 15.7 Å². The molecule has 5 heteroatoms. The molecule has 1 atom stereocenters. The van der Waals surface area contributed by atoms with Crippen LogP contribution in [0.15, 0.2) is 17.0 Å². The van der Waals surface area contributed by atoms with Crippen LogP contribution in [-0.2, 0) is 10.0 Å². The van der Waals surface area contributed by atoms with Crippen LogP contribution in [0.5, 0.6) is 0 Å². The predicted octanol–water partition coefficient (Wildman–Crippen LogP) is 3.13. The van der Waals surface area contributed by atoms with Crippen LogP contribution in [0.4, 0.5) is 5.69 Å². The fourth-order valence-corrected chi connectivity index (χ4v) is 4.54. The Bertz CT molecular complexity index is 613. The number of rotatable bonds is 3. The molecule has 1 aromatic carbocycles. The average Bonchev–Trinajstić information content (AvgIpc) is 2.37. The fraction of sp³-hybridized carbons (Fsp3) is 0.625. The fourth-order valence-electron chi connectivity index (χ4n) is 2.98. The minimum absolute atomic E-state index is 0.00337. The van der Waals surface area contributed by atoms with E-state index in [-0.39, 0.29) is 16.4 Å². The second-order valence-electron chi connectivity index (χ2n) is 6.86. The van der Waals surface area contributed by atoms with Gasteiger partial charge in [-0.15, -0.1) is 0 Å². The van der Waals surface area contributed by atoms with Gasteiger partial charge in [-0.05, 0) is 55.4 Å². The smallest absolute Gasteiger partial charge is 0.240 e. The standard InChI is InChI=1S/C16H26N2O2S/c1-11-9-13(10-14(17)12(11)2)21(19,20)18-15-7-5-6-8-16(15,3)4/h9-10,15,18H,5-8,17H2,1-4H3. The van der Waals surface area contributed by atoms with Gasteiger partial charge in [-0.1, -0.05) is 26.7 Å². The monoisotopic (exact) mass is 310 g/mol. The Balaban J connectivity index is 2.30. The molecule has 0 bridgehead atoms. The summed E-state index contributed by atoms with van der Waals surface area (Å²) in [7, 11) is -3.52. The van der Waals surface area contributed by atoms with E-state index in [1.165, 1.54) is 6.42 Å². The largest absolute Gasteiger partial charge is 0.398 e. The summed E-state index contributed by atoms with van der Waals surface area (Å²) in [6.45, 7) is 8.05. The van der Waals surface area contributed by atoms with E-state index >= 15 is 0 Å². The first kappa shape index (κ1) is 16.3. The van der Waals surface area contributed by atoms with Gasteiger partial charge in [-0.2, -0.15) is 0 Å². The molecule has 1 unspecified atom stereocenters. The Hall–Kier alpha value is -1.07. The molecule has 1 saturated carbocycles. The van der Waals surface area contributed by atoms with Crippen LogP contribution < -0.4 is 10.5 Å². The first-order chi connectivity index (χ1) is 9.63. The molecule has 118 valence electrons. The highest BCUT2D eigenvalue weighted by Crippen LogP contribution is 2.36. The van der Waals surface area contributed by atoms with Crippen molar-refractivity contribution in [1.29, 1.82) is 0 Å². The van der Waals surface area contributed by atoms with E-state index in [1.807, 2.05) is 13.8 Å².